The molecule has 0 bridgehead atoms. The van der Waals surface area contributed by atoms with Gasteiger partial charge in [0.1, 0.15) is 0 Å². The van der Waals surface area contributed by atoms with E-state index >= 15 is 0 Å². The minimum atomic E-state index is 0.0498. The number of aliphatic hydroxyl groups excluding tert-OH is 1. The number of hydrogen-bond acceptors (Lipinski definition) is 4. The molecule has 2 aromatic carbocycles. The number of hydrogen-bond donors (Lipinski definition) is 2. The second-order valence-electron chi connectivity index (χ2n) is 6.25. The summed E-state index contributed by atoms with van der Waals surface area (Å²) in [5.74, 6) is 0.104. The number of ketones is 1. The van der Waals surface area contributed by atoms with Crippen LogP contribution < -0.4 is 5.32 Å². The Morgan fingerprint density at radius 2 is 2.00 bits per heavy atom. The SMILES string of the molecule is O=C(CN(CCO)Cc1ccccc1)c1ccc2c(c1)CCCN2. The third-order valence-corrected chi connectivity index (χ3v) is 4.40. The maximum Gasteiger partial charge on any atom is 0.176 e. The topological polar surface area (TPSA) is 52.6 Å². The van der Waals surface area contributed by atoms with Gasteiger partial charge in [0.15, 0.2) is 5.78 Å². The number of carbonyl (C=O) groups is 1. The predicted octanol–water partition coefficient (Wildman–Crippen LogP) is 2.72. The van der Waals surface area contributed by atoms with E-state index in [1.165, 1.54) is 5.56 Å². The van der Waals surface area contributed by atoms with E-state index in [0.717, 1.165) is 36.2 Å². The molecule has 2 N–H and O–H groups in total. The summed E-state index contributed by atoms with van der Waals surface area (Å²) in [4.78, 5) is 14.7. The molecule has 2 aromatic rings. The Balaban J connectivity index is 1.69. The number of aryl methyl sites for hydroxylation is 1. The molecule has 0 aliphatic carbocycles. The van der Waals surface area contributed by atoms with Crippen LogP contribution in [0.25, 0.3) is 0 Å². The van der Waals surface area contributed by atoms with E-state index < -0.39 is 0 Å². The van der Waals surface area contributed by atoms with Gasteiger partial charge < -0.3 is 10.4 Å². The molecule has 0 aromatic heterocycles. The van der Waals surface area contributed by atoms with Crippen molar-refractivity contribution in [2.75, 3.05) is 31.6 Å². The van der Waals surface area contributed by atoms with Gasteiger partial charge in [0.25, 0.3) is 0 Å². The highest BCUT2D eigenvalue weighted by Gasteiger charge is 2.15. The number of nitrogens with one attached hydrogen (secondary N) is 1. The number of benzene rings is 2. The minimum Gasteiger partial charge on any atom is -0.395 e. The van der Waals surface area contributed by atoms with Crippen molar-refractivity contribution in [1.29, 1.82) is 0 Å². The number of aliphatic hydroxyl groups is 1. The quantitative estimate of drug-likeness (QED) is 0.769. The summed E-state index contributed by atoms with van der Waals surface area (Å²) in [6, 6.07) is 16.0. The van der Waals surface area contributed by atoms with Crippen LogP contribution in [0.3, 0.4) is 0 Å². The molecule has 4 heteroatoms. The van der Waals surface area contributed by atoms with E-state index in [0.29, 0.717) is 19.6 Å². The summed E-state index contributed by atoms with van der Waals surface area (Å²) >= 11 is 0. The van der Waals surface area contributed by atoms with Crippen molar-refractivity contribution in [3.8, 4) is 0 Å². The fourth-order valence-electron chi connectivity index (χ4n) is 3.14. The van der Waals surface area contributed by atoms with Gasteiger partial charge in [-0.15, -0.1) is 0 Å². The van der Waals surface area contributed by atoms with E-state index in [-0.39, 0.29) is 12.4 Å². The average Bonchev–Trinajstić information content (AvgIpc) is 2.62. The first kappa shape index (κ1) is 16.7. The Morgan fingerprint density at radius 1 is 1.17 bits per heavy atom. The van der Waals surface area contributed by atoms with Crippen molar-refractivity contribution in [3.63, 3.8) is 0 Å². The lowest BCUT2D eigenvalue weighted by Crippen LogP contribution is -2.32. The Bertz CT molecular complexity index is 685. The second-order valence-corrected chi connectivity index (χ2v) is 6.25. The van der Waals surface area contributed by atoms with Crippen LogP contribution >= 0.6 is 0 Å². The Labute approximate surface area is 143 Å². The van der Waals surface area contributed by atoms with Gasteiger partial charge in [-0.2, -0.15) is 0 Å². The predicted molar refractivity (Wildman–Crippen MR) is 96.4 cm³/mol. The fourth-order valence-corrected chi connectivity index (χ4v) is 3.14. The maximum absolute atomic E-state index is 12.7. The summed E-state index contributed by atoms with van der Waals surface area (Å²) in [6.45, 7) is 2.53. The van der Waals surface area contributed by atoms with Gasteiger partial charge in [-0.25, -0.2) is 0 Å². The number of rotatable bonds is 7. The highest BCUT2D eigenvalue weighted by Crippen LogP contribution is 2.23. The normalized spacial score (nSPS) is 13.4. The lowest BCUT2D eigenvalue weighted by Gasteiger charge is -2.22. The Hall–Kier alpha value is -2.17. The van der Waals surface area contributed by atoms with Crippen molar-refractivity contribution in [3.05, 3.63) is 65.2 Å². The molecular weight excluding hydrogens is 300 g/mol. The van der Waals surface area contributed by atoms with Gasteiger partial charge >= 0.3 is 0 Å². The first-order chi connectivity index (χ1) is 11.8. The molecule has 0 unspecified atom stereocenters. The molecule has 24 heavy (non-hydrogen) atoms. The summed E-state index contributed by atoms with van der Waals surface area (Å²) < 4.78 is 0. The number of nitrogens with zero attached hydrogens (tertiary/aromatic N) is 1. The molecule has 1 aliphatic heterocycles. The zero-order chi connectivity index (χ0) is 16.8. The monoisotopic (exact) mass is 324 g/mol. The van der Waals surface area contributed by atoms with Crippen LogP contribution in [-0.4, -0.2) is 42.0 Å². The largest absolute Gasteiger partial charge is 0.395 e. The highest BCUT2D eigenvalue weighted by molar-refractivity contribution is 5.98. The Kier molecular flexibility index (Phi) is 5.62. The molecule has 0 saturated carbocycles. The zero-order valence-corrected chi connectivity index (χ0v) is 13.9. The molecule has 4 nitrogen and oxygen atoms in total. The van der Waals surface area contributed by atoms with E-state index in [4.69, 9.17) is 0 Å². The Morgan fingerprint density at radius 3 is 2.79 bits per heavy atom. The molecule has 1 heterocycles. The molecule has 0 spiro atoms. The number of anilines is 1. The van der Waals surface area contributed by atoms with Crippen LogP contribution in [0.15, 0.2) is 48.5 Å². The fraction of sp³-hybridized carbons (Fsp3) is 0.350. The van der Waals surface area contributed by atoms with Crippen molar-refractivity contribution >= 4 is 11.5 Å². The first-order valence-electron chi connectivity index (χ1n) is 8.53. The average molecular weight is 324 g/mol. The standard InChI is InChI=1S/C20H24N2O2/c23-12-11-22(14-16-5-2-1-3-6-16)15-20(24)18-8-9-19-17(13-18)7-4-10-21-19/h1-3,5-6,8-9,13,21,23H,4,7,10-12,14-15H2. The molecule has 0 amide bonds. The van der Waals surface area contributed by atoms with Crippen LogP contribution in [0.5, 0.6) is 0 Å². The van der Waals surface area contributed by atoms with Gasteiger partial charge in [-0.3, -0.25) is 9.69 Å². The van der Waals surface area contributed by atoms with E-state index in [9.17, 15) is 9.90 Å². The van der Waals surface area contributed by atoms with Crippen LogP contribution in [0, 0.1) is 0 Å². The second kappa shape index (κ2) is 8.08. The number of carbonyl (C=O) groups excluding carboxylic acids is 1. The third-order valence-electron chi connectivity index (χ3n) is 4.40. The third kappa shape index (κ3) is 4.22. The summed E-state index contributed by atoms with van der Waals surface area (Å²) in [6.07, 6.45) is 2.13. The molecule has 0 radical (unpaired) electrons. The van der Waals surface area contributed by atoms with Gasteiger partial charge in [0, 0.05) is 30.9 Å². The van der Waals surface area contributed by atoms with E-state index in [1.807, 2.05) is 53.4 Å². The highest BCUT2D eigenvalue weighted by atomic mass is 16.3. The molecule has 3 rings (SSSR count). The summed E-state index contributed by atoms with van der Waals surface area (Å²) in [5, 5.41) is 12.7. The van der Waals surface area contributed by atoms with Crippen molar-refractivity contribution in [2.45, 2.75) is 19.4 Å². The van der Waals surface area contributed by atoms with Crippen molar-refractivity contribution in [2.24, 2.45) is 0 Å². The van der Waals surface area contributed by atoms with Gasteiger partial charge in [-0.05, 0) is 42.2 Å². The van der Waals surface area contributed by atoms with Crippen molar-refractivity contribution in [1.82, 2.24) is 4.90 Å². The number of Topliss-reactive ketones (excluding diaryl/α,β-unsaturated/α-hetero) is 1. The van der Waals surface area contributed by atoms with Crippen LogP contribution in [-0.2, 0) is 13.0 Å². The van der Waals surface area contributed by atoms with E-state index in [2.05, 4.69) is 5.32 Å². The molecule has 0 fully saturated rings. The van der Waals surface area contributed by atoms with E-state index in [1.54, 1.807) is 0 Å². The van der Waals surface area contributed by atoms with Gasteiger partial charge in [0.2, 0.25) is 0 Å². The van der Waals surface area contributed by atoms with Gasteiger partial charge in [0.05, 0.1) is 13.2 Å². The smallest absolute Gasteiger partial charge is 0.176 e. The first-order valence-corrected chi connectivity index (χ1v) is 8.53. The molecule has 126 valence electrons. The minimum absolute atomic E-state index is 0.0498. The summed E-state index contributed by atoms with van der Waals surface area (Å²) in [7, 11) is 0. The van der Waals surface area contributed by atoms with Crippen LogP contribution in [0.2, 0.25) is 0 Å². The van der Waals surface area contributed by atoms with Crippen LogP contribution in [0.4, 0.5) is 5.69 Å². The zero-order valence-electron chi connectivity index (χ0n) is 13.9. The molecule has 0 saturated heterocycles. The van der Waals surface area contributed by atoms with Crippen LogP contribution in [0.1, 0.15) is 27.9 Å². The lowest BCUT2D eigenvalue weighted by atomic mass is 9.99. The molecule has 1 aliphatic rings. The van der Waals surface area contributed by atoms with Crippen molar-refractivity contribution < 1.29 is 9.90 Å². The molecular formula is C20H24N2O2. The van der Waals surface area contributed by atoms with Gasteiger partial charge in [-0.1, -0.05) is 30.3 Å². The summed E-state index contributed by atoms with van der Waals surface area (Å²) in [5.41, 5.74) is 4.28. The number of fused-ring (bicyclic) bond motifs is 1. The maximum atomic E-state index is 12.7. The molecule has 0 atom stereocenters. The lowest BCUT2D eigenvalue weighted by molar-refractivity contribution is 0.0908.